The van der Waals surface area contributed by atoms with E-state index in [1.54, 1.807) is 0 Å². The van der Waals surface area contributed by atoms with Crippen LogP contribution in [0, 0.1) is 0 Å². The monoisotopic (exact) mass is 359 g/mol. The molecule has 0 N–H and O–H groups in total. The third kappa shape index (κ3) is 4.59. The molecule has 1 aromatic rings. The summed E-state index contributed by atoms with van der Waals surface area (Å²) in [4.78, 5) is 2.37. The molecule has 3 nitrogen and oxygen atoms in total. The molecule has 0 aliphatic carbocycles. The van der Waals surface area contributed by atoms with Crippen LogP contribution in [0.25, 0.3) is 6.08 Å². The first kappa shape index (κ1) is 13.8. The summed E-state index contributed by atoms with van der Waals surface area (Å²) < 4.78 is 13.1. The van der Waals surface area contributed by atoms with E-state index in [9.17, 15) is 0 Å². The average molecular weight is 359 g/mol. The van der Waals surface area contributed by atoms with E-state index in [0.717, 1.165) is 45.2 Å². The molecule has 1 aromatic carbocycles. The summed E-state index contributed by atoms with van der Waals surface area (Å²) in [5.41, 5.74) is 1.20. The van der Waals surface area contributed by atoms with Crippen LogP contribution in [0.15, 0.2) is 28.3 Å². The van der Waals surface area contributed by atoms with E-state index in [1.165, 1.54) is 5.56 Å². The molecule has 0 bridgehead atoms. The van der Waals surface area contributed by atoms with Crippen molar-refractivity contribution in [1.29, 1.82) is 0 Å². The summed E-state index contributed by atoms with van der Waals surface area (Å²) in [5.74, 6) is 0.939. The number of morpholine rings is 1. The van der Waals surface area contributed by atoms with Gasteiger partial charge in [0.05, 0.1) is 13.2 Å². The third-order valence-corrected chi connectivity index (χ3v) is 3.28. The van der Waals surface area contributed by atoms with Crippen LogP contribution in [-0.2, 0) is 4.74 Å². The predicted octanol–water partition coefficient (Wildman–Crippen LogP) is 2.80. The number of ether oxygens (including phenoxy) is 2. The molecule has 0 saturated carbocycles. The zero-order chi connectivity index (χ0) is 12.6. The highest BCUT2D eigenvalue weighted by atomic mass is 127. The van der Waals surface area contributed by atoms with Crippen molar-refractivity contribution < 1.29 is 9.47 Å². The number of benzene rings is 1. The van der Waals surface area contributed by atoms with Gasteiger partial charge in [0.15, 0.2) is 0 Å². The minimum atomic E-state index is 0.738. The Kier molecular flexibility index (Phi) is 5.96. The first-order valence-corrected chi connectivity index (χ1v) is 7.43. The smallest absolute Gasteiger partial charge is 0.119 e. The van der Waals surface area contributed by atoms with Crippen LogP contribution in [0.3, 0.4) is 0 Å². The van der Waals surface area contributed by atoms with Gasteiger partial charge in [-0.1, -0.05) is 34.7 Å². The standard InChI is InChI=1S/C14H18INO2/c15-6-5-13-1-3-14(4-2-13)18-12-9-16-7-10-17-11-8-16/h1-6H,7-12H2. The van der Waals surface area contributed by atoms with E-state index in [4.69, 9.17) is 9.47 Å². The molecule has 0 amide bonds. The molecule has 1 aliphatic rings. The number of halogens is 1. The zero-order valence-corrected chi connectivity index (χ0v) is 12.5. The van der Waals surface area contributed by atoms with Crippen molar-refractivity contribution in [2.75, 3.05) is 39.5 Å². The molecule has 1 aliphatic heterocycles. The van der Waals surface area contributed by atoms with Crippen molar-refractivity contribution >= 4 is 28.7 Å². The van der Waals surface area contributed by atoms with Gasteiger partial charge in [-0.25, -0.2) is 0 Å². The van der Waals surface area contributed by atoms with Crippen molar-refractivity contribution in [2.45, 2.75) is 0 Å². The second kappa shape index (κ2) is 7.76. The van der Waals surface area contributed by atoms with E-state index in [1.807, 2.05) is 16.2 Å². The minimum Gasteiger partial charge on any atom is -0.492 e. The Morgan fingerprint density at radius 1 is 1.22 bits per heavy atom. The van der Waals surface area contributed by atoms with Gasteiger partial charge < -0.3 is 9.47 Å². The maximum atomic E-state index is 5.73. The fourth-order valence-electron chi connectivity index (χ4n) is 1.87. The Hall–Kier alpha value is -0.590. The van der Waals surface area contributed by atoms with E-state index >= 15 is 0 Å². The van der Waals surface area contributed by atoms with E-state index in [0.29, 0.717) is 0 Å². The third-order valence-electron chi connectivity index (χ3n) is 2.92. The lowest BCUT2D eigenvalue weighted by Crippen LogP contribution is -2.38. The summed E-state index contributed by atoms with van der Waals surface area (Å²) in [6.45, 7) is 5.43. The number of hydrogen-bond donors (Lipinski definition) is 0. The van der Waals surface area contributed by atoms with Gasteiger partial charge in [0, 0.05) is 19.6 Å². The fraction of sp³-hybridized carbons (Fsp3) is 0.429. The highest BCUT2D eigenvalue weighted by Crippen LogP contribution is 2.13. The summed E-state index contributed by atoms with van der Waals surface area (Å²) in [6, 6.07) is 8.18. The fourth-order valence-corrected chi connectivity index (χ4v) is 2.28. The molecule has 18 heavy (non-hydrogen) atoms. The molecule has 2 rings (SSSR count). The van der Waals surface area contributed by atoms with Crippen LogP contribution < -0.4 is 4.74 Å². The van der Waals surface area contributed by atoms with E-state index < -0.39 is 0 Å². The largest absolute Gasteiger partial charge is 0.492 e. The first-order chi connectivity index (χ1) is 8.88. The SMILES string of the molecule is IC=Cc1ccc(OCCN2CCOCC2)cc1. The van der Waals surface area contributed by atoms with Crippen LogP contribution in [0.2, 0.25) is 0 Å². The van der Waals surface area contributed by atoms with Gasteiger partial charge >= 0.3 is 0 Å². The molecule has 0 radical (unpaired) electrons. The summed E-state index contributed by atoms with van der Waals surface area (Å²) in [6.07, 6.45) is 2.07. The number of hydrogen-bond acceptors (Lipinski definition) is 3. The zero-order valence-electron chi connectivity index (χ0n) is 10.3. The Bertz CT molecular complexity index is 372. The van der Waals surface area contributed by atoms with Crippen LogP contribution in [0.4, 0.5) is 0 Å². The molecule has 0 spiro atoms. The molecular formula is C14H18INO2. The lowest BCUT2D eigenvalue weighted by Gasteiger charge is -2.26. The van der Waals surface area contributed by atoms with Crippen molar-refractivity contribution in [3.63, 3.8) is 0 Å². The Balaban J connectivity index is 1.72. The average Bonchev–Trinajstić information content (AvgIpc) is 2.42. The molecule has 1 heterocycles. The predicted molar refractivity (Wildman–Crippen MR) is 82.3 cm³/mol. The minimum absolute atomic E-state index is 0.738. The van der Waals surface area contributed by atoms with Gasteiger partial charge in [-0.3, -0.25) is 4.90 Å². The Morgan fingerprint density at radius 2 is 1.94 bits per heavy atom. The van der Waals surface area contributed by atoms with Crippen molar-refractivity contribution in [2.24, 2.45) is 0 Å². The summed E-state index contributed by atoms with van der Waals surface area (Å²) in [7, 11) is 0. The highest BCUT2D eigenvalue weighted by Gasteiger charge is 2.09. The molecule has 1 fully saturated rings. The second-order valence-electron chi connectivity index (χ2n) is 4.16. The Labute approximate surface area is 122 Å². The molecule has 98 valence electrons. The normalized spacial score (nSPS) is 17.2. The van der Waals surface area contributed by atoms with Gasteiger partial charge in [-0.05, 0) is 27.9 Å². The van der Waals surface area contributed by atoms with Crippen LogP contribution >= 0.6 is 22.6 Å². The highest BCUT2D eigenvalue weighted by molar-refractivity contribution is 14.1. The van der Waals surface area contributed by atoms with Crippen molar-refractivity contribution in [1.82, 2.24) is 4.90 Å². The van der Waals surface area contributed by atoms with Gasteiger partial charge in [-0.2, -0.15) is 0 Å². The molecule has 0 aromatic heterocycles. The van der Waals surface area contributed by atoms with E-state index in [-0.39, 0.29) is 0 Å². The quantitative estimate of drug-likeness (QED) is 0.755. The molecule has 0 atom stereocenters. The lowest BCUT2D eigenvalue weighted by molar-refractivity contribution is 0.0322. The van der Waals surface area contributed by atoms with Crippen molar-refractivity contribution in [3.05, 3.63) is 33.9 Å². The van der Waals surface area contributed by atoms with Crippen LogP contribution in [0.1, 0.15) is 5.56 Å². The van der Waals surface area contributed by atoms with Crippen LogP contribution in [-0.4, -0.2) is 44.4 Å². The number of rotatable bonds is 5. The topological polar surface area (TPSA) is 21.7 Å². The first-order valence-electron chi connectivity index (χ1n) is 6.18. The maximum Gasteiger partial charge on any atom is 0.119 e. The Morgan fingerprint density at radius 3 is 2.61 bits per heavy atom. The van der Waals surface area contributed by atoms with Gasteiger partial charge in [0.2, 0.25) is 0 Å². The molecule has 0 unspecified atom stereocenters. The van der Waals surface area contributed by atoms with Gasteiger partial charge in [0.1, 0.15) is 12.4 Å². The molecule has 4 heteroatoms. The van der Waals surface area contributed by atoms with E-state index in [2.05, 4.69) is 45.7 Å². The molecular weight excluding hydrogens is 341 g/mol. The summed E-state index contributed by atoms with van der Waals surface area (Å²) >= 11 is 2.22. The number of nitrogens with zero attached hydrogens (tertiary/aromatic N) is 1. The van der Waals surface area contributed by atoms with Gasteiger partial charge in [-0.15, -0.1) is 0 Å². The van der Waals surface area contributed by atoms with Gasteiger partial charge in [0.25, 0.3) is 0 Å². The maximum absolute atomic E-state index is 5.73. The molecule has 1 saturated heterocycles. The van der Waals surface area contributed by atoms with Crippen molar-refractivity contribution in [3.8, 4) is 5.75 Å². The summed E-state index contributed by atoms with van der Waals surface area (Å²) in [5, 5.41) is 0. The lowest BCUT2D eigenvalue weighted by atomic mass is 10.2. The second-order valence-corrected chi connectivity index (χ2v) is 4.88. The van der Waals surface area contributed by atoms with Crippen LogP contribution in [0.5, 0.6) is 5.75 Å².